The average Bonchev–Trinajstić information content (AvgIpc) is 3.26. The molecule has 2 aromatic rings. The van der Waals surface area contributed by atoms with Gasteiger partial charge in [0.2, 0.25) is 0 Å². The quantitative estimate of drug-likeness (QED) is 0.688. The molecule has 0 aromatic carbocycles. The molecule has 0 aliphatic heterocycles. The van der Waals surface area contributed by atoms with E-state index in [1.165, 1.54) is 6.42 Å². The van der Waals surface area contributed by atoms with Crippen LogP contribution in [0.1, 0.15) is 45.8 Å². The standard InChI is InChI=1S/C20H29N3O4/c1-13(2)17-6-5-14(3)7-19(17)25-12-20(24)26-11-16-8-18(22-27-16)15-9-21-23(4)10-15/h8-10,13-14,17,19H,5-7,11-12H2,1-4H3. The van der Waals surface area contributed by atoms with Gasteiger partial charge in [-0.2, -0.15) is 5.10 Å². The first-order valence-corrected chi connectivity index (χ1v) is 9.64. The van der Waals surface area contributed by atoms with E-state index in [9.17, 15) is 4.79 Å². The van der Waals surface area contributed by atoms with Gasteiger partial charge < -0.3 is 14.0 Å². The normalized spacial score (nSPS) is 22.9. The van der Waals surface area contributed by atoms with Crippen molar-refractivity contribution < 1.29 is 18.8 Å². The van der Waals surface area contributed by atoms with E-state index < -0.39 is 0 Å². The Labute approximate surface area is 160 Å². The van der Waals surface area contributed by atoms with Gasteiger partial charge in [-0.1, -0.05) is 32.3 Å². The lowest BCUT2D eigenvalue weighted by Gasteiger charge is -2.36. The van der Waals surface area contributed by atoms with Gasteiger partial charge in [-0.05, 0) is 30.6 Å². The van der Waals surface area contributed by atoms with Gasteiger partial charge in [-0.3, -0.25) is 4.68 Å². The molecule has 3 unspecified atom stereocenters. The zero-order valence-electron chi connectivity index (χ0n) is 16.6. The molecule has 0 saturated heterocycles. The zero-order valence-corrected chi connectivity index (χ0v) is 16.6. The maximum Gasteiger partial charge on any atom is 0.332 e. The molecular formula is C20H29N3O4. The van der Waals surface area contributed by atoms with E-state index >= 15 is 0 Å². The van der Waals surface area contributed by atoms with Crippen LogP contribution in [-0.4, -0.2) is 33.6 Å². The summed E-state index contributed by atoms with van der Waals surface area (Å²) < 4.78 is 18.1. The Balaban J connectivity index is 1.46. The van der Waals surface area contributed by atoms with Crippen molar-refractivity contribution >= 4 is 5.97 Å². The molecule has 1 aliphatic carbocycles. The number of hydrogen-bond donors (Lipinski definition) is 0. The van der Waals surface area contributed by atoms with Crippen molar-refractivity contribution in [1.82, 2.24) is 14.9 Å². The summed E-state index contributed by atoms with van der Waals surface area (Å²) in [4.78, 5) is 12.1. The molecule has 2 heterocycles. The Morgan fingerprint density at radius 3 is 2.93 bits per heavy atom. The Kier molecular flexibility index (Phi) is 6.31. The lowest BCUT2D eigenvalue weighted by Crippen LogP contribution is -2.35. The molecule has 0 bridgehead atoms. The van der Waals surface area contributed by atoms with Crippen LogP contribution in [0.3, 0.4) is 0 Å². The zero-order chi connectivity index (χ0) is 19.4. The largest absolute Gasteiger partial charge is 0.456 e. The topological polar surface area (TPSA) is 79.4 Å². The van der Waals surface area contributed by atoms with Crippen LogP contribution in [0.15, 0.2) is 23.0 Å². The van der Waals surface area contributed by atoms with Crippen molar-refractivity contribution in [3.05, 3.63) is 24.2 Å². The number of aromatic nitrogens is 3. The van der Waals surface area contributed by atoms with E-state index in [0.29, 0.717) is 29.2 Å². The SMILES string of the molecule is CC1CCC(C(C)C)C(OCC(=O)OCc2cc(-c3cnn(C)c3)no2)C1. The van der Waals surface area contributed by atoms with Gasteiger partial charge in [0.25, 0.3) is 0 Å². The number of hydrogen-bond acceptors (Lipinski definition) is 6. The highest BCUT2D eigenvalue weighted by molar-refractivity contribution is 5.70. The summed E-state index contributed by atoms with van der Waals surface area (Å²) in [6.07, 6.45) is 7.08. The molecule has 1 saturated carbocycles. The van der Waals surface area contributed by atoms with Crippen molar-refractivity contribution in [3.8, 4) is 11.3 Å². The lowest BCUT2D eigenvalue weighted by atomic mass is 9.75. The van der Waals surface area contributed by atoms with Crippen LogP contribution in [0.4, 0.5) is 0 Å². The third-order valence-electron chi connectivity index (χ3n) is 5.31. The second kappa shape index (κ2) is 8.69. The van der Waals surface area contributed by atoms with Crippen LogP contribution in [0.25, 0.3) is 11.3 Å². The van der Waals surface area contributed by atoms with Crippen molar-refractivity contribution in [3.63, 3.8) is 0 Å². The predicted octanol–water partition coefficient (Wildman–Crippen LogP) is 3.60. The maximum absolute atomic E-state index is 12.1. The summed E-state index contributed by atoms with van der Waals surface area (Å²) in [6.45, 7) is 6.71. The summed E-state index contributed by atoms with van der Waals surface area (Å²) >= 11 is 0. The Morgan fingerprint density at radius 2 is 2.22 bits per heavy atom. The smallest absolute Gasteiger partial charge is 0.332 e. The summed E-state index contributed by atoms with van der Waals surface area (Å²) in [5.41, 5.74) is 1.52. The van der Waals surface area contributed by atoms with Crippen LogP contribution in [0.5, 0.6) is 0 Å². The van der Waals surface area contributed by atoms with Crippen LogP contribution >= 0.6 is 0 Å². The molecule has 3 rings (SSSR count). The van der Waals surface area contributed by atoms with Crippen molar-refractivity contribution in [2.24, 2.45) is 24.8 Å². The first kappa shape index (κ1) is 19.6. The highest BCUT2D eigenvalue weighted by atomic mass is 16.6. The fourth-order valence-electron chi connectivity index (χ4n) is 3.75. The third-order valence-corrected chi connectivity index (χ3v) is 5.31. The van der Waals surface area contributed by atoms with E-state index in [2.05, 4.69) is 31.0 Å². The monoisotopic (exact) mass is 375 g/mol. The van der Waals surface area contributed by atoms with Gasteiger partial charge in [-0.15, -0.1) is 0 Å². The van der Waals surface area contributed by atoms with Crippen LogP contribution in [0, 0.1) is 17.8 Å². The van der Waals surface area contributed by atoms with Crippen LogP contribution in [0.2, 0.25) is 0 Å². The molecule has 0 spiro atoms. The fraction of sp³-hybridized carbons (Fsp3) is 0.650. The highest BCUT2D eigenvalue weighted by Gasteiger charge is 2.31. The number of nitrogens with zero attached hydrogens (tertiary/aromatic N) is 3. The first-order chi connectivity index (χ1) is 12.9. The van der Waals surface area contributed by atoms with E-state index in [0.717, 1.165) is 18.4 Å². The van der Waals surface area contributed by atoms with Gasteiger partial charge in [0.05, 0.1) is 12.3 Å². The van der Waals surface area contributed by atoms with Gasteiger partial charge in [0.15, 0.2) is 12.4 Å². The second-order valence-corrected chi connectivity index (χ2v) is 7.92. The van der Waals surface area contributed by atoms with Crippen molar-refractivity contribution in [2.45, 2.75) is 52.7 Å². The minimum atomic E-state index is -0.380. The number of rotatable bonds is 7. The van der Waals surface area contributed by atoms with Gasteiger partial charge in [0.1, 0.15) is 12.3 Å². The number of ether oxygens (including phenoxy) is 2. The molecule has 148 valence electrons. The minimum Gasteiger partial charge on any atom is -0.456 e. The fourth-order valence-corrected chi connectivity index (χ4v) is 3.75. The number of carbonyl (C=O) groups is 1. The molecular weight excluding hydrogens is 346 g/mol. The Morgan fingerprint density at radius 1 is 1.41 bits per heavy atom. The van der Waals surface area contributed by atoms with Crippen molar-refractivity contribution in [1.29, 1.82) is 0 Å². The third kappa shape index (κ3) is 5.19. The molecule has 27 heavy (non-hydrogen) atoms. The van der Waals surface area contributed by atoms with Crippen LogP contribution in [-0.2, 0) is 27.9 Å². The average molecular weight is 375 g/mol. The molecule has 0 amide bonds. The lowest BCUT2D eigenvalue weighted by molar-refractivity contribution is -0.156. The molecule has 1 aliphatic rings. The molecule has 2 aromatic heterocycles. The molecule has 3 atom stereocenters. The summed E-state index contributed by atoms with van der Waals surface area (Å²) in [6, 6.07) is 1.75. The Hall–Kier alpha value is -2.15. The minimum absolute atomic E-state index is 0.0236. The number of carbonyl (C=O) groups excluding carboxylic acids is 1. The molecule has 0 radical (unpaired) electrons. The van der Waals surface area contributed by atoms with Gasteiger partial charge in [-0.25, -0.2) is 4.79 Å². The van der Waals surface area contributed by atoms with E-state index in [1.807, 2.05) is 13.2 Å². The summed E-state index contributed by atoms with van der Waals surface area (Å²) in [7, 11) is 1.84. The maximum atomic E-state index is 12.1. The summed E-state index contributed by atoms with van der Waals surface area (Å²) in [5.74, 6) is 1.81. The predicted molar refractivity (Wildman–Crippen MR) is 99.6 cm³/mol. The van der Waals surface area contributed by atoms with Gasteiger partial charge in [0, 0.05) is 24.9 Å². The molecule has 7 heteroatoms. The van der Waals surface area contributed by atoms with E-state index in [-0.39, 0.29) is 25.3 Å². The number of esters is 1. The first-order valence-electron chi connectivity index (χ1n) is 9.64. The molecule has 1 fully saturated rings. The summed E-state index contributed by atoms with van der Waals surface area (Å²) in [5, 5.41) is 8.09. The number of aryl methyl sites for hydroxylation is 1. The highest BCUT2D eigenvalue weighted by Crippen LogP contribution is 2.35. The molecule has 0 N–H and O–H groups in total. The van der Waals surface area contributed by atoms with E-state index in [1.54, 1.807) is 16.9 Å². The second-order valence-electron chi connectivity index (χ2n) is 7.92. The van der Waals surface area contributed by atoms with E-state index in [4.69, 9.17) is 14.0 Å². The van der Waals surface area contributed by atoms with Crippen LogP contribution < -0.4 is 0 Å². The van der Waals surface area contributed by atoms with Gasteiger partial charge >= 0.3 is 5.97 Å². The van der Waals surface area contributed by atoms with Crippen molar-refractivity contribution in [2.75, 3.05) is 6.61 Å². The Bertz CT molecular complexity index is 752. The molecule has 7 nitrogen and oxygen atoms in total.